The molecule has 152 valence electrons. The smallest absolute Gasteiger partial charge is 0.251 e. The molecule has 0 bridgehead atoms. The molecule has 0 saturated heterocycles. The SMILES string of the molecule is Cc1ccc(CS(=O)(=O)SC(CNC(=O)c2ccccc2)C(=O)NCC#N)cc1. The first-order valence-electron chi connectivity index (χ1n) is 8.75. The van der Waals surface area contributed by atoms with Gasteiger partial charge in [-0.05, 0) is 35.4 Å². The number of hydrogen-bond acceptors (Lipinski definition) is 6. The maximum absolute atomic E-state index is 12.6. The van der Waals surface area contributed by atoms with Crippen LogP contribution >= 0.6 is 10.8 Å². The number of benzene rings is 2. The molecular formula is C20H21N3O4S2. The monoisotopic (exact) mass is 431 g/mol. The van der Waals surface area contributed by atoms with E-state index in [0.717, 1.165) is 5.56 Å². The highest BCUT2D eigenvalue weighted by Gasteiger charge is 2.27. The predicted octanol–water partition coefficient (Wildman–Crippen LogP) is 2.00. The first-order valence-corrected chi connectivity index (χ1v) is 11.8. The molecule has 0 spiro atoms. The van der Waals surface area contributed by atoms with Gasteiger partial charge in [0, 0.05) is 12.1 Å². The molecule has 7 nitrogen and oxygen atoms in total. The highest BCUT2D eigenvalue weighted by atomic mass is 33.1. The van der Waals surface area contributed by atoms with E-state index in [1.807, 2.05) is 19.1 Å². The molecule has 29 heavy (non-hydrogen) atoms. The average Bonchev–Trinajstić information content (AvgIpc) is 2.71. The van der Waals surface area contributed by atoms with Crippen molar-refractivity contribution >= 4 is 31.5 Å². The third kappa shape index (κ3) is 7.60. The van der Waals surface area contributed by atoms with Gasteiger partial charge in [-0.3, -0.25) is 9.59 Å². The van der Waals surface area contributed by atoms with Crippen LogP contribution in [0.25, 0.3) is 0 Å². The Balaban J connectivity index is 2.08. The quantitative estimate of drug-likeness (QED) is 0.463. The van der Waals surface area contributed by atoms with E-state index in [-0.39, 0.29) is 18.8 Å². The van der Waals surface area contributed by atoms with E-state index >= 15 is 0 Å². The van der Waals surface area contributed by atoms with Gasteiger partial charge < -0.3 is 10.6 Å². The van der Waals surface area contributed by atoms with Crippen LogP contribution in [0, 0.1) is 18.3 Å². The molecule has 2 rings (SSSR count). The van der Waals surface area contributed by atoms with Crippen molar-refractivity contribution in [2.45, 2.75) is 17.9 Å². The van der Waals surface area contributed by atoms with E-state index < -0.39 is 25.9 Å². The number of aryl methyl sites for hydroxylation is 1. The maximum Gasteiger partial charge on any atom is 0.251 e. The zero-order valence-electron chi connectivity index (χ0n) is 15.8. The van der Waals surface area contributed by atoms with E-state index in [1.54, 1.807) is 48.5 Å². The predicted molar refractivity (Wildman–Crippen MR) is 113 cm³/mol. The third-order valence-corrected chi connectivity index (χ3v) is 7.37. The first kappa shape index (κ1) is 22.5. The lowest BCUT2D eigenvalue weighted by atomic mass is 10.2. The fourth-order valence-corrected chi connectivity index (χ4v) is 5.87. The highest BCUT2D eigenvalue weighted by Crippen LogP contribution is 2.24. The Hall–Kier alpha value is -2.83. The van der Waals surface area contributed by atoms with E-state index in [0.29, 0.717) is 21.9 Å². The lowest BCUT2D eigenvalue weighted by molar-refractivity contribution is -0.120. The fraction of sp³-hybridized carbons (Fsp3) is 0.250. The van der Waals surface area contributed by atoms with Gasteiger partial charge in [-0.1, -0.05) is 48.0 Å². The van der Waals surface area contributed by atoms with Crippen LogP contribution < -0.4 is 10.6 Å². The van der Waals surface area contributed by atoms with Crippen molar-refractivity contribution in [3.05, 3.63) is 71.3 Å². The van der Waals surface area contributed by atoms with Gasteiger partial charge in [0.25, 0.3) is 5.91 Å². The zero-order valence-corrected chi connectivity index (χ0v) is 17.4. The Morgan fingerprint density at radius 1 is 1.07 bits per heavy atom. The summed E-state index contributed by atoms with van der Waals surface area (Å²) in [6.45, 7) is 1.46. The summed E-state index contributed by atoms with van der Waals surface area (Å²) in [5.41, 5.74) is 2.01. The zero-order chi connectivity index (χ0) is 21.3. The molecule has 2 amide bonds. The lowest BCUT2D eigenvalue weighted by Gasteiger charge is -2.16. The molecule has 0 aliphatic carbocycles. The third-order valence-electron chi connectivity index (χ3n) is 3.84. The molecule has 0 fully saturated rings. The lowest BCUT2D eigenvalue weighted by Crippen LogP contribution is -2.41. The Kier molecular flexibility index (Phi) is 8.24. The standard InChI is InChI=1S/C20H21N3O4S2/c1-15-7-9-16(10-8-15)14-29(26,27)28-18(20(25)22-12-11-21)13-23-19(24)17-5-3-2-4-6-17/h2-10,18H,12-14H2,1H3,(H,22,25)(H,23,24). The Bertz CT molecular complexity index is 985. The van der Waals surface area contributed by atoms with Gasteiger partial charge >= 0.3 is 0 Å². The van der Waals surface area contributed by atoms with Crippen molar-refractivity contribution in [1.29, 1.82) is 5.26 Å². The summed E-state index contributed by atoms with van der Waals surface area (Å²) in [5.74, 6) is -1.29. The molecule has 1 unspecified atom stereocenters. The largest absolute Gasteiger partial charge is 0.350 e. The Morgan fingerprint density at radius 3 is 2.34 bits per heavy atom. The Labute approximate surface area is 173 Å². The number of carbonyl (C=O) groups is 2. The summed E-state index contributed by atoms with van der Waals surface area (Å²) >= 11 is 0. The summed E-state index contributed by atoms with van der Waals surface area (Å²) in [7, 11) is -3.23. The first-order chi connectivity index (χ1) is 13.8. The summed E-state index contributed by atoms with van der Waals surface area (Å²) in [6.07, 6.45) is 0. The molecular weight excluding hydrogens is 410 g/mol. The minimum Gasteiger partial charge on any atom is -0.350 e. The second kappa shape index (κ2) is 10.6. The van der Waals surface area contributed by atoms with Crippen molar-refractivity contribution in [1.82, 2.24) is 10.6 Å². The van der Waals surface area contributed by atoms with Crippen LogP contribution in [0.1, 0.15) is 21.5 Å². The van der Waals surface area contributed by atoms with Gasteiger partial charge in [0.15, 0.2) is 0 Å². The molecule has 0 saturated carbocycles. The molecule has 0 radical (unpaired) electrons. The molecule has 0 heterocycles. The molecule has 2 aromatic carbocycles. The van der Waals surface area contributed by atoms with E-state index in [1.165, 1.54) is 0 Å². The molecule has 2 N–H and O–H groups in total. The van der Waals surface area contributed by atoms with E-state index in [2.05, 4.69) is 10.6 Å². The summed E-state index contributed by atoms with van der Waals surface area (Å²) in [5, 5.41) is 12.5. The number of nitriles is 1. The molecule has 1 atom stereocenters. The van der Waals surface area contributed by atoms with Crippen molar-refractivity contribution in [2.75, 3.05) is 13.1 Å². The maximum atomic E-state index is 12.6. The van der Waals surface area contributed by atoms with Crippen LogP contribution in [0.4, 0.5) is 0 Å². The molecule has 0 aromatic heterocycles. The van der Waals surface area contributed by atoms with Crippen molar-refractivity contribution < 1.29 is 18.0 Å². The second-order valence-electron chi connectivity index (χ2n) is 6.22. The van der Waals surface area contributed by atoms with Gasteiger partial charge in [0.05, 0.1) is 11.8 Å². The molecule has 0 aliphatic rings. The highest BCUT2D eigenvalue weighted by molar-refractivity contribution is 8.72. The van der Waals surface area contributed by atoms with Crippen molar-refractivity contribution in [3.8, 4) is 6.07 Å². The average molecular weight is 432 g/mol. The van der Waals surface area contributed by atoms with Gasteiger partial charge in [0.2, 0.25) is 14.8 Å². The van der Waals surface area contributed by atoms with Gasteiger partial charge in [-0.25, -0.2) is 8.42 Å². The fourth-order valence-electron chi connectivity index (χ4n) is 2.39. The topological polar surface area (TPSA) is 116 Å². The van der Waals surface area contributed by atoms with Gasteiger partial charge in [-0.2, -0.15) is 5.26 Å². The summed E-state index contributed by atoms with van der Waals surface area (Å²) in [4.78, 5) is 24.5. The normalized spacial score (nSPS) is 11.9. The van der Waals surface area contributed by atoms with Crippen LogP contribution in [0.5, 0.6) is 0 Å². The summed E-state index contributed by atoms with van der Waals surface area (Å²) < 4.78 is 25.2. The Morgan fingerprint density at radius 2 is 1.72 bits per heavy atom. The van der Waals surface area contributed by atoms with Crippen LogP contribution in [0.3, 0.4) is 0 Å². The minimum absolute atomic E-state index is 0.192. The number of carbonyl (C=O) groups excluding carboxylic acids is 2. The number of rotatable bonds is 9. The van der Waals surface area contributed by atoms with Crippen LogP contribution in [-0.4, -0.2) is 38.6 Å². The van der Waals surface area contributed by atoms with Crippen LogP contribution in [0.2, 0.25) is 0 Å². The summed E-state index contributed by atoms with van der Waals surface area (Å²) in [6, 6.07) is 17.2. The molecule has 0 aliphatic heterocycles. The van der Waals surface area contributed by atoms with E-state index in [4.69, 9.17) is 5.26 Å². The molecule has 9 heteroatoms. The van der Waals surface area contributed by atoms with Gasteiger partial charge in [0.1, 0.15) is 11.8 Å². The van der Waals surface area contributed by atoms with Crippen LogP contribution in [0.15, 0.2) is 54.6 Å². The minimum atomic E-state index is -3.71. The number of nitrogens with one attached hydrogen (secondary N) is 2. The van der Waals surface area contributed by atoms with Crippen LogP contribution in [-0.2, 0) is 19.4 Å². The van der Waals surface area contributed by atoms with E-state index in [9.17, 15) is 18.0 Å². The second-order valence-corrected chi connectivity index (χ2v) is 10.5. The molecule has 2 aromatic rings. The van der Waals surface area contributed by atoms with Crippen molar-refractivity contribution in [2.24, 2.45) is 0 Å². The van der Waals surface area contributed by atoms with Crippen molar-refractivity contribution in [3.63, 3.8) is 0 Å². The number of hydrogen-bond donors (Lipinski definition) is 2. The van der Waals surface area contributed by atoms with Gasteiger partial charge in [-0.15, -0.1) is 0 Å². The number of amides is 2. The number of nitrogens with zero attached hydrogens (tertiary/aromatic N) is 1.